The van der Waals surface area contributed by atoms with E-state index in [4.69, 9.17) is 4.74 Å². The van der Waals surface area contributed by atoms with E-state index in [0.717, 1.165) is 12.8 Å². The molecular weight excluding hydrogens is 341 g/mol. The van der Waals surface area contributed by atoms with Crippen molar-refractivity contribution in [2.45, 2.75) is 25.9 Å². The van der Waals surface area contributed by atoms with Crippen molar-refractivity contribution >= 4 is 23.4 Å². The molecule has 2 amide bonds. The molecule has 8 heteroatoms. The lowest BCUT2D eigenvalue weighted by atomic mass is 9.97. The minimum absolute atomic E-state index is 0.173. The van der Waals surface area contributed by atoms with Gasteiger partial charge in [-0.25, -0.2) is 9.18 Å². The first-order valence-electron chi connectivity index (χ1n) is 8.86. The summed E-state index contributed by atoms with van der Waals surface area (Å²) < 4.78 is 19.8. The van der Waals surface area contributed by atoms with Gasteiger partial charge in [0.15, 0.2) is 0 Å². The van der Waals surface area contributed by atoms with Gasteiger partial charge in [-0.1, -0.05) is 0 Å². The van der Waals surface area contributed by atoms with Gasteiger partial charge >= 0.3 is 6.09 Å². The molecule has 2 saturated heterocycles. The first-order valence-corrected chi connectivity index (χ1v) is 8.86. The molecule has 1 unspecified atom stereocenters. The van der Waals surface area contributed by atoms with Gasteiger partial charge in [0.1, 0.15) is 11.9 Å². The van der Waals surface area contributed by atoms with Crippen LogP contribution in [-0.4, -0.2) is 56.0 Å². The summed E-state index contributed by atoms with van der Waals surface area (Å²) in [6, 6.07) is 4.73. The summed E-state index contributed by atoms with van der Waals surface area (Å²) in [5.74, 6) is -0.295. The lowest BCUT2D eigenvalue weighted by Gasteiger charge is -2.33. The number of cyclic esters (lactones) is 1. The van der Waals surface area contributed by atoms with Crippen molar-refractivity contribution in [1.29, 1.82) is 0 Å². The van der Waals surface area contributed by atoms with Crippen molar-refractivity contribution < 1.29 is 23.8 Å². The molecule has 2 N–H and O–H groups in total. The number of hydrogen-bond donors (Lipinski definition) is 2. The highest BCUT2D eigenvalue weighted by Crippen LogP contribution is 2.30. The number of nitrogens with zero attached hydrogens (tertiary/aromatic N) is 2. The lowest BCUT2D eigenvalue weighted by molar-refractivity contribution is -0.119. The molecule has 2 heterocycles. The Morgan fingerprint density at radius 2 is 2.12 bits per heavy atom. The molecule has 2 fully saturated rings. The van der Waals surface area contributed by atoms with Crippen molar-refractivity contribution in [2.24, 2.45) is 5.92 Å². The summed E-state index contributed by atoms with van der Waals surface area (Å²) in [4.78, 5) is 26.3. The molecule has 0 radical (unpaired) electrons. The van der Waals surface area contributed by atoms with Gasteiger partial charge in [-0.2, -0.15) is 0 Å². The van der Waals surface area contributed by atoms with Gasteiger partial charge in [0.05, 0.1) is 24.5 Å². The predicted octanol–water partition coefficient (Wildman–Crippen LogP) is 1.50. The molecule has 0 spiro atoms. The Kier molecular flexibility index (Phi) is 5.61. The molecule has 142 valence electrons. The topological polar surface area (TPSA) is 82.1 Å². The van der Waals surface area contributed by atoms with E-state index < -0.39 is 12.2 Å². The van der Waals surface area contributed by atoms with E-state index >= 15 is 0 Å². The maximum Gasteiger partial charge on any atom is 0.414 e. The van der Waals surface area contributed by atoms with Crippen LogP contribution in [0.15, 0.2) is 18.2 Å². The molecule has 2 aliphatic heterocycles. The van der Waals surface area contributed by atoms with E-state index in [1.54, 1.807) is 12.1 Å². The Balaban J connectivity index is 1.66. The smallest absolute Gasteiger partial charge is 0.414 e. The van der Waals surface area contributed by atoms with Crippen molar-refractivity contribution in [3.05, 3.63) is 24.0 Å². The van der Waals surface area contributed by atoms with Gasteiger partial charge in [-0.15, -0.1) is 0 Å². The normalized spacial score (nSPS) is 21.0. The van der Waals surface area contributed by atoms with Crippen LogP contribution in [0.3, 0.4) is 0 Å². The number of ether oxygens (including phenoxy) is 1. The summed E-state index contributed by atoms with van der Waals surface area (Å²) in [5, 5.41) is 11.8. The zero-order valence-corrected chi connectivity index (χ0v) is 14.8. The monoisotopic (exact) mass is 365 g/mol. The summed E-state index contributed by atoms with van der Waals surface area (Å²) in [6.07, 6.45) is 0.671. The summed E-state index contributed by atoms with van der Waals surface area (Å²) in [7, 11) is 0. The van der Waals surface area contributed by atoms with Crippen LogP contribution < -0.4 is 15.1 Å². The van der Waals surface area contributed by atoms with Crippen molar-refractivity contribution in [3.63, 3.8) is 0 Å². The zero-order valence-electron chi connectivity index (χ0n) is 14.8. The number of nitrogens with one attached hydrogen (secondary N) is 1. The summed E-state index contributed by atoms with van der Waals surface area (Å²) in [6.45, 7) is 3.47. The Labute approximate surface area is 151 Å². The molecule has 1 aromatic carbocycles. The third-order valence-corrected chi connectivity index (χ3v) is 4.91. The maximum atomic E-state index is 14.6. The summed E-state index contributed by atoms with van der Waals surface area (Å²) >= 11 is 0. The van der Waals surface area contributed by atoms with E-state index in [-0.39, 0.29) is 37.3 Å². The molecule has 0 bridgehead atoms. The second kappa shape index (κ2) is 7.90. The zero-order chi connectivity index (χ0) is 18.7. The van der Waals surface area contributed by atoms with E-state index in [1.165, 1.54) is 17.9 Å². The first-order chi connectivity index (χ1) is 12.5. The minimum Gasteiger partial charge on any atom is -0.442 e. The molecule has 1 aromatic rings. The van der Waals surface area contributed by atoms with Crippen LogP contribution in [0, 0.1) is 11.7 Å². The van der Waals surface area contributed by atoms with Crippen molar-refractivity contribution in [2.75, 3.05) is 42.6 Å². The Morgan fingerprint density at radius 3 is 2.73 bits per heavy atom. The number of amides is 2. The fraction of sp³-hybridized carbons (Fsp3) is 0.556. The second-order valence-corrected chi connectivity index (χ2v) is 6.80. The molecule has 7 nitrogen and oxygen atoms in total. The lowest BCUT2D eigenvalue weighted by Crippen LogP contribution is -2.35. The average molecular weight is 365 g/mol. The average Bonchev–Trinajstić information content (AvgIpc) is 3.01. The third-order valence-electron chi connectivity index (χ3n) is 4.91. The fourth-order valence-corrected chi connectivity index (χ4v) is 3.37. The highest BCUT2D eigenvalue weighted by Gasteiger charge is 2.33. The Hall–Kier alpha value is -2.35. The molecule has 0 aliphatic carbocycles. The number of carbonyl (C=O) groups is 2. The molecule has 2 aliphatic rings. The SMILES string of the molecule is CC(=O)NCC1CN(c2ccc(N3CCC(CO)CC3)c(F)c2)C(=O)O1. The van der Waals surface area contributed by atoms with Crippen LogP contribution in [0.2, 0.25) is 0 Å². The molecule has 3 rings (SSSR count). The van der Waals surface area contributed by atoms with Crippen LogP contribution in [0.1, 0.15) is 19.8 Å². The van der Waals surface area contributed by atoms with E-state index in [2.05, 4.69) is 5.32 Å². The second-order valence-electron chi connectivity index (χ2n) is 6.80. The number of rotatable bonds is 5. The highest BCUT2D eigenvalue weighted by atomic mass is 19.1. The van der Waals surface area contributed by atoms with E-state index in [9.17, 15) is 19.1 Å². The van der Waals surface area contributed by atoms with Gasteiger partial charge in [0.25, 0.3) is 0 Å². The first kappa shape index (κ1) is 18.4. The number of aliphatic hydroxyl groups excluding tert-OH is 1. The summed E-state index contributed by atoms with van der Waals surface area (Å²) in [5.41, 5.74) is 0.944. The third kappa shape index (κ3) is 4.07. The van der Waals surface area contributed by atoms with Gasteiger partial charge < -0.3 is 20.1 Å². The fourth-order valence-electron chi connectivity index (χ4n) is 3.37. The molecule has 26 heavy (non-hydrogen) atoms. The number of piperidine rings is 1. The van der Waals surface area contributed by atoms with Gasteiger partial charge in [-0.05, 0) is 37.0 Å². The van der Waals surface area contributed by atoms with Gasteiger partial charge in [-0.3, -0.25) is 9.69 Å². The number of carbonyl (C=O) groups excluding carboxylic acids is 2. The molecule has 0 saturated carbocycles. The minimum atomic E-state index is -0.545. The predicted molar refractivity (Wildman–Crippen MR) is 94.7 cm³/mol. The highest BCUT2D eigenvalue weighted by molar-refractivity contribution is 5.90. The van der Waals surface area contributed by atoms with Gasteiger partial charge in [0, 0.05) is 26.6 Å². The van der Waals surface area contributed by atoms with Crippen LogP contribution in [0.4, 0.5) is 20.6 Å². The largest absolute Gasteiger partial charge is 0.442 e. The van der Waals surface area contributed by atoms with Gasteiger partial charge in [0.2, 0.25) is 5.91 Å². The number of hydrogen-bond acceptors (Lipinski definition) is 5. The maximum absolute atomic E-state index is 14.6. The molecule has 1 atom stereocenters. The van der Waals surface area contributed by atoms with Crippen LogP contribution >= 0.6 is 0 Å². The van der Waals surface area contributed by atoms with Crippen LogP contribution in [0.25, 0.3) is 0 Å². The molecular formula is C18H24FN3O4. The van der Waals surface area contributed by atoms with Crippen LogP contribution in [0.5, 0.6) is 0 Å². The Bertz CT molecular complexity index is 676. The number of halogens is 1. The van der Waals surface area contributed by atoms with Crippen molar-refractivity contribution in [3.8, 4) is 0 Å². The molecule has 0 aromatic heterocycles. The standard InChI is InChI=1S/C18H24FN3O4/c1-12(24)20-9-15-10-22(18(25)26-15)14-2-3-17(16(19)8-14)21-6-4-13(11-23)5-7-21/h2-3,8,13,15,23H,4-7,9-11H2,1H3,(H,20,24). The number of benzene rings is 1. The number of anilines is 2. The van der Waals surface area contributed by atoms with Crippen LogP contribution in [-0.2, 0) is 9.53 Å². The quantitative estimate of drug-likeness (QED) is 0.826. The number of aliphatic hydroxyl groups is 1. The Morgan fingerprint density at radius 1 is 1.38 bits per heavy atom. The van der Waals surface area contributed by atoms with E-state index in [0.29, 0.717) is 24.5 Å². The van der Waals surface area contributed by atoms with E-state index in [1.807, 2.05) is 4.90 Å². The van der Waals surface area contributed by atoms with Crippen molar-refractivity contribution in [1.82, 2.24) is 5.32 Å².